The van der Waals surface area contributed by atoms with Gasteiger partial charge in [0.25, 0.3) is 0 Å². The Morgan fingerprint density at radius 2 is 2.11 bits per heavy atom. The molecule has 0 bridgehead atoms. The van der Waals surface area contributed by atoms with Crippen LogP contribution in [-0.2, 0) is 10.0 Å². The average molecular weight is 313 g/mol. The van der Waals surface area contributed by atoms with Crippen LogP contribution in [0.3, 0.4) is 0 Å². The number of aliphatic hydroxyl groups is 2. The Hall–Kier alpha value is -0.930. The van der Waals surface area contributed by atoms with Crippen LogP contribution in [0.5, 0.6) is 0 Å². The molecule has 0 amide bonds. The highest BCUT2D eigenvalue weighted by Crippen LogP contribution is 2.25. The maximum atomic E-state index is 13.7. The first-order valence-electron chi connectivity index (χ1n) is 5.16. The van der Waals surface area contributed by atoms with Gasteiger partial charge in [0.15, 0.2) is 5.82 Å². The van der Waals surface area contributed by atoms with Crippen molar-refractivity contribution < 1.29 is 23.0 Å². The van der Waals surface area contributed by atoms with Crippen LogP contribution in [0.2, 0.25) is 5.02 Å². The van der Waals surface area contributed by atoms with E-state index in [2.05, 4.69) is 0 Å². The van der Waals surface area contributed by atoms with Gasteiger partial charge in [-0.2, -0.15) is 0 Å². The minimum atomic E-state index is -4.24. The van der Waals surface area contributed by atoms with Crippen molar-refractivity contribution in [1.82, 2.24) is 4.72 Å². The third-order valence-electron chi connectivity index (χ3n) is 2.29. The zero-order chi connectivity index (χ0) is 14.8. The van der Waals surface area contributed by atoms with Crippen molar-refractivity contribution in [3.63, 3.8) is 0 Å². The van der Waals surface area contributed by atoms with E-state index in [1.165, 1.54) is 6.92 Å². The molecule has 0 saturated heterocycles. The minimum absolute atomic E-state index is 0.0132. The second-order valence-corrected chi connectivity index (χ2v) is 6.44. The zero-order valence-corrected chi connectivity index (χ0v) is 11.6. The monoisotopic (exact) mass is 312 g/mol. The Morgan fingerprint density at radius 1 is 1.53 bits per heavy atom. The number of nitrogens with one attached hydrogen (secondary N) is 1. The number of halogens is 2. The van der Waals surface area contributed by atoms with Gasteiger partial charge in [-0.05, 0) is 19.1 Å². The summed E-state index contributed by atoms with van der Waals surface area (Å²) < 4.78 is 39.4. The predicted octanol–water partition coefficient (Wildman–Crippen LogP) is 0.0829. The summed E-state index contributed by atoms with van der Waals surface area (Å²) in [7, 11) is -4.24. The van der Waals surface area contributed by atoms with Crippen LogP contribution in [0.4, 0.5) is 10.1 Å². The molecule has 0 spiro atoms. The molecule has 0 aliphatic rings. The molecule has 0 aromatic heterocycles. The van der Waals surface area contributed by atoms with Gasteiger partial charge < -0.3 is 15.9 Å². The lowest BCUT2D eigenvalue weighted by Gasteiger charge is -2.20. The number of hydrogen-bond donors (Lipinski definition) is 4. The third-order valence-corrected chi connectivity index (χ3v) is 3.97. The first kappa shape index (κ1) is 16.1. The molecule has 1 aromatic rings. The van der Waals surface area contributed by atoms with Crippen molar-refractivity contribution in [2.45, 2.75) is 17.4 Å². The van der Waals surface area contributed by atoms with E-state index in [-0.39, 0.29) is 5.69 Å². The van der Waals surface area contributed by atoms with Crippen molar-refractivity contribution >= 4 is 27.3 Å². The van der Waals surface area contributed by atoms with E-state index < -0.39 is 44.5 Å². The fourth-order valence-corrected chi connectivity index (χ4v) is 2.74. The summed E-state index contributed by atoms with van der Waals surface area (Å²) >= 11 is 5.51. The van der Waals surface area contributed by atoms with E-state index in [0.29, 0.717) is 0 Å². The highest BCUT2D eigenvalue weighted by Gasteiger charge is 2.26. The van der Waals surface area contributed by atoms with Crippen LogP contribution in [0.15, 0.2) is 17.0 Å². The maximum absolute atomic E-state index is 13.7. The smallest absolute Gasteiger partial charge is 0.243 e. The summed E-state index contributed by atoms with van der Waals surface area (Å²) in [6.07, 6.45) is 0. The van der Waals surface area contributed by atoms with E-state index in [1.807, 2.05) is 4.72 Å². The van der Waals surface area contributed by atoms with Crippen LogP contribution in [0, 0.1) is 5.82 Å². The topological polar surface area (TPSA) is 113 Å². The third kappa shape index (κ3) is 4.02. The fourth-order valence-electron chi connectivity index (χ4n) is 1.16. The molecule has 0 radical (unpaired) electrons. The minimum Gasteiger partial charge on any atom is -0.399 e. The second-order valence-electron chi connectivity index (χ2n) is 4.29. The molecule has 108 valence electrons. The molecule has 6 nitrogen and oxygen atoms in total. The van der Waals surface area contributed by atoms with Crippen molar-refractivity contribution in [2.75, 3.05) is 18.9 Å². The SMILES string of the molecule is CC(O)(CO)CNS(=O)(=O)c1cc(N)cc(Cl)c1F. The van der Waals surface area contributed by atoms with Crippen LogP contribution in [0.1, 0.15) is 6.92 Å². The summed E-state index contributed by atoms with van der Waals surface area (Å²) in [5.41, 5.74) is 3.73. The molecule has 1 atom stereocenters. The van der Waals surface area contributed by atoms with Crippen molar-refractivity contribution in [1.29, 1.82) is 0 Å². The number of rotatable bonds is 5. The lowest BCUT2D eigenvalue weighted by Crippen LogP contribution is -2.43. The number of nitrogens with two attached hydrogens (primary N) is 1. The van der Waals surface area contributed by atoms with Crippen molar-refractivity contribution in [3.05, 3.63) is 23.0 Å². The zero-order valence-electron chi connectivity index (χ0n) is 10.0. The van der Waals surface area contributed by atoms with Gasteiger partial charge in [-0.25, -0.2) is 17.5 Å². The normalized spacial score (nSPS) is 15.2. The molecule has 1 unspecified atom stereocenters. The van der Waals surface area contributed by atoms with Crippen LogP contribution < -0.4 is 10.5 Å². The molecule has 5 N–H and O–H groups in total. The van der Waals surface area contributed by atoms with E-state index in [1.54, 1.807) is 0 Å². The van der Waals surface area contributed by atoms with Gasteiger partial charge >= 0.3 is 0 Å². The highest BCUT2D eigenvalue weighted by atomic mass is 35.5. The Balaban J connectivity index is 3.08. The number of sulfonamides is 1. The second kappa shape index (κ2) is 5.59. The van der Waals surface area contributed by atoms with E-state index in [4.69, 9.17) is 22.4 Å². The summed E-state index contributed by atoms with van der Waals surface area (Å²) in [5, 5.41) is 17.9. The maximum Gasteiger partial charge on any atom is 0.243 e. The van der Waals surface area contributed by atoms with E-state index in [0.717, 1.165) is 12.1 Å². The standard InChI is InChI=1S/C10H14ClFN2O4S/c1-10(16,5-15)4-14-19(17,18)8-3-6(13)2-7(11)9(8)12/h2-3,14-16H,4-5,13H2,1H3. The van der Waals surface area contributed by atoms with Gasteiger partial charge in [0.2, 0.25) is 10.0 Å². The Labute approximate surface area is 115 Å². The number of benzene rings is 1. The number of aliphatic hydroxyl groups excluding tert-OH is 1. The quantitative estimate of drug-likeness (QED) is 0.575. The lowest BCUT2D eigenvalue weighted by atomic mass is 10.1. The predicted molar refractivity (Wildman–Crippen MR) is 68.7 cm³/mol. The van der Waals surface area contributed by atoms with Crippen LogP contribution in [0.25, 0.3) is 0 Å². The Bertz CT molecular complexity index is 577. The highest BCUT2D eigenvalue weighted by molar-refractivity contribution is 7.89. The summed E-state index contributed by atoms with van der Waals surface area (Å²) in [5.74, 6) is -1.13. The van der Waals surface area contributed by atoms with E-state index >= 15 is 0 Å². The van der Waals surface area contributed by atoms with Gasteiger partial charge in [-0.15, -0.1) is 0 Å². The first-order valence-corrected chi connectivity index (χ1v) is 7.02. The van der Waals surface area contributed by atoms with Gasteiger partial charge in [0.1, 0.15) is 4.90 Å². The number of anilines is 1. The number of hydrogen-bond acceptors (Lipinski definition) is 5. The molecule has 0 fully saturated rings. The Morgan fingerprint density at radius 3 is 2.63 bits per heavy atom. The van der Waals surface area contributed by atoms with Gasteiger partial charge in [-0.1, -0.05) is 11.6 Å². The van der Waals surface area contributed by atoms with Crippen LogP contribution in [-0.4, -0.2) is 37.4 Å². The van der Waals surface area contributed by atoms with Crippen molar-refractivity contribution in [3.8, 4) is 0 Å². The molecular weight excluding hydrogens is 299 g/mol. The number of nitrogen functional groups attached to an aromatic ring is 1. The summed E-state index contributed by atoms with van der Waals surface area (Å²) in [6, 6.07) is 2.00. The summed E-state index contributed by atoms with van der Waals surface area (Å²) in [6.45, 7) is 0.0750. The molecule has 0 aliphatic carbocycles. The molecular formula is C10H14ClFN2O4S. The van der Waals surface area contributed by atoms with E-state index in [9.17, 15) is 17.9 Å². The molecule has 19 heavy (non-hydrogen) atoms. The molecule has 1 aromatic carbocycles. The Kier molecular flexibility index (Phi) is 4.75. The fraction of sp³-hybridized carbons (Fsp3) is 0.400. The van der Waals surface area contributed by atoms with Crippen molar-refractivity contribution in [2.24, 2.45) is 0 Å². The van der Waals surface area contributed by atoms with Gasteiger partial charge in [0.05, 0.1) is 17.2 Å². The largest absolute Gasteiger partial charge is 0.399 e. The first-order chi connectivity index (χ1) is 8.59. The molecule has 0 saturated carbocycles. The van der Waals surface area contributed by atoms with Crippen LogP contribution >= 0.6 is 11.6 Å². The van der Waals surface area contributed by atoms with Gasteiger partial charge in [0, 0.05) is 12.2 Å². The lowest BCUT2D eigenvalue weighted by molar-refractivity contribution is 0.00680. The molecule has 1 rings (SSSR count). The molecule has 0 heterocycles. The van der Waals surface area contributed by atoms with Gasteiger partial charge in [-0.3, -0.25) is 0 Å². The molecule has 0 aliphatic heterocycles. The average Bonchev–Trinajstić information content (AvgIpc) is 2.31. The summed E-state index contributed by atoms with van der Waals surface area (Å²) in [4.78, 5) is -0.716. The molecule has 9 heteroatoms.